The third kappa shape index (κ3) is 3.86. The zero-order valence-electron chi connectivity index (χ0n) is 17.1. The molecule has 0 saturated carbocycles. The predicted octanol–water partition coefficient (Wildman–Crippen LogP) is 1.73. The van der Waals surface area contributed by atoms with E-state index in [0.717, 1.165) is 16.5 Å². The van der Waals surface area contributed by atoms with Gasteiger partial charge in [-0.3, -0.25) is 14.4 Å². The lowest BCUT2D eigenvalue weighted by Crippen LogP contribution is -2.65. The summed E-state index contributed by atoms with van der Waals surface area (Å²) in [4.78, 5) is 43.1. The quantitative estimate of drug-likeness (QED) is 0.735. The van der Waals surface area contributed by atoms with Crippen LogP contribution in [-0.2, 0) is 20.8 Å². The molecule has 1 aromatic carbocycles. The van der Waals surface area contributed by atoms with E-state index < -0.39 is 12.1 Å². The normalized spacial score (nSPS) is 24.5. The van der Waals surface area contributed by atoms with Crippen molar-refractivity contribution in [2.45, 2.75) is 58.2 Å². The minimum absolute atomic E-state index is 0.0764. The number of carbonyl (C=O) groups is 3. The standard InChI is InChI=1S/C22H28N4O3/c1-22(2,3)11-18(27)24-16-8-9-26-19(16)20(28)25-17(21(26)29)10-13-12-23-15-7-5-4-6-14(13)15/h4-7,12,16-17,19,23H,8-11H2,1-3H3,(H,24,27)(H,25,28)/t16-,17+,19-/m0/s1. The van der Waals surface area contributed by atoms with Crippen LogP contribution in [0.1, 0.15) is 39.2 Å². The number of nitrogens with zero attached hydrogens (tertiary/aromatic N) is 1. The number of benzene rings is 1. The number of amides is 3. The highest BCUT2D eigenvalue weighted by Gasteiger charge is 2.48. The van der Waals surface area contributed by atoms with Gasteiger partial charge in [0, 0.05) is 36.5 Å². The van der Waals surface area contributed by atoms with Crippen LogP contribution >= 0.6 is 0 Å². The molecule has 2 aromatic rings. The topological polar surface area (TPSA) is 94.3 Å². The third-order valence-electron chi connectivity index (χ3n) is 5.70. The minimum Gasteiger partial charge on any atom is -0.361 e. The van der Waals surface area contributed by atoms with E-state index in [1.165, 1.54) is 0 Å². The minimum atomic E-state index is -0.620. The van der Waals surface area contributed by atoms with Crippen molar-refractivity contribution >= 4 is 28.6 Å². The van der Waals surface area contributed by atoms with E-state index in [4.69, 9.17) is 0 Å². The molecule has 4 rings (SSSR count). The molecule has 0 aliphatic carbocycles. The van der Waals surface area contributed by atoms with Gasteiger partial charge in [-0.25, -0.2) is 0 Å². The second-order valence-electron chi connectivity index (χ2n) is 9.30. The molecule has 0 spiro atoms. The summed E-state index contributed by atoms with van der Waals surface area (Å²) in [6.07, 6.45) is 3.32. The van der Waals surface area contributed by atoms with Crippen molar-refractivity contribution < 1.29 is 14.4 Å². The van der Waals surface area contributed by atoms with Crippen molar-refractivity contribution in [3.63, 3.8) is 0 Å². The van der Waals surface area contributed by atoms with Crippen LogP contribution < -0.4 is 10.6 Å². The Kier molecular flexibility index (Phi) is 4.84. The second kappa shape index (κ2) is 7.21. The number of aromatic nitrogens is 1. The van der Waals surface area contributed by atoms with E-state index in [-0.39, 0.29) is 29.2 Å². The Morgan fingerprint density at radius 3 is 2.76 bits per heavy atom. The van der Waals surface area contributed by atoms with Crippen molar-refractivity contribution in [3.8, 4) is 0 Å². The Morgan fingerprint density at radius 1 is 1.24 bits per heavy atom. The molecule has 7 nitrogen and oxygen atoms in total. The highest BCUT2D eigenvalue weighted by molar-refractivity contribution is 5.99. The Balaban J connectivity index is 1.46. The summed E-state index contributed by atoms with van der Waals surface area (Å²) in [5.41, 5.74) is 1.89. The van der Waals surface area contributed by atoms with Gasteiger partial charge in [-0.1, -0.05) is 39.0 Å². The first-order chi connectivity index (χ1) is 13.7. The molecule has 7 heteroatoms. The predicted molar refractivity (Wildman–Crippen MR) is 110 cm³/mol. The maximum absolute atomic E-state index is 13.1. The number of hydrogen-bond acceptors (Lipinski definition) is 3. The van der Waals surface area contributed by atoms with Gasteiger partial charge >= 0.3 is 0 Å². The molecule has 154 valence electrons. The van der Waals surface area contributed by atoms with E-state index in [2.05, 4.69) is 15.6 Å². The van der Waals surface area contributed by atoms with E-state index in [0.29, 0.717) is 25.8 Å². The fourth-order valence-electron chi connectivity index (χ4n) is 4.43. The highest BCUT2D eigenvalue weighted by atomic mass is 16.2. The van der Waals surface area contributed by atoms with Gasteiger partial charge in [0.2, 0.25) is 17.7 Å². The van der Waals surface area contributed by atoms with Crippen LogP contribution in [0.3, 0.4) is 0 Å². The Labute approximate surface area is 170 Å². The fraction of sp³-hybridized carbons (Fsp3) is 0.500. The van der Waals surface area contributed by atoms with Crippen LogP contribution in [0.2, 0.25) is 0 Å². The van der Waals surface area contributed by atoms with Crippen LogP contribution in [-0.4, -0.2) is 52.3 Å². The van der Waals surface area contributed by atoms with Crippen LogP contribution in [0.5, 0.6) is 0 Å². The number of H-pyrrole nitrogens is 1. The van der Waals surface area contributed by atoms with Gasteiger partial charge in [0.1, 0.15) is 12.1 Å². The van der Waals surface area contributed by atoms with Gasteiger partial charge in [-0.15, -0.1) is 0 Å². The largest absolute Gasteiger partial charge is 0.361 e. The number of carbonyl (C=O) groups excluding carboxylic acids is 3. The molecule has 2 aliphatic rings. The lowest BCUT2D eigenvalue weighted by Gasteiger charge is -2.36. The second-order valence-corrected chi connectivity index (χ2v) is 9.30. The monoisotopic (exact) mass is 396 g/mol. The maximum Gasteiger partial charge on any atom is 0.246 e. The van der Waals surface area contributed by atoms with Gasteiger partial charge in [0.25, 0.3) is 0 Å². The lowest BCUT2D eigenvalue weighted by atomic mass is 9.91. The molecule has 2 saturated heterocycles. The smallest absolute Gasteiger partial charge is 0.246 e. The van der Waals surface area contributed by atoms with Crippen LogP contribution in [0.15, 0.2) is 30.5 Å². The summed E-state index contributed by atoms with van der Waals surface area (Å²) in [6.45, 7) is 6.49. The van der Waals surface area contributed by atoms with Crippen molar-refractivity contribution in [2.75, 3.05) is 6.54 Å². The summed E-state index contributed by atoms with van der Waals surface area (Å²) in [5.74, 6) is -0.342. The van der Waals surface area contributed by atoms with Gasteiger partial charge in [0.05, 0.1) is 6.04 Å². The first-order valence-electron chi connectivity index (χ1n) is 10.2. The zero-order valence-corrected chi connectivity index (χ0v) is 17.1. The van der Waals surface area contributed by atoms with Crippen molar-refractivity contribution in [3.05, 3.63) is 36.0 Å². The molecule has 3 N–H and O–H groups in total. The molecule has 2 aliphatic heterocycles. The van der Waals surface area contributed by atoms with Crippen LogP contribution in [0.4, 0.5) is 0 Å². The van der Waals surface area contributed by atoms with Crippen LogP contribution in [0, 0.1) is 5.41 Å². The number of rotatable bonds is 4. The van der Waals surface area contributed by atoms with Gasteiger partial charge in [0.15, 0.2) is 0 Å². The van der Waals surface area contributed by atoms with E-state index >= 15 is 0 Å². The summed E-state index contributed by atoms with van der Waals surface area (Å²) in [6, 6.07) is 6.38. The first kappa shape index (κ1) is 19.5. The zero-order chi connectivity index (χ0) is 20.8. The number of hydrogen-bond donors (Lipinski definition) is 3. The summed E-state index contributed by atoms with van der Waals surface area (Å²) < 4.78 is 0. The molecule has 1 aromatic heterocycles. The van der Waals surface area contributed by atoms with E-state index in [1.54, 1.807) is 4.90 Å². The Morgan fingerprint density at radius 2 is 2.00 bits per heavy atom. The molecular weight excluding hydrogens is 368 g/mol. The summed E-state index contributed by atoms with van der Waals surface area (Å²) >= 11 is 0. The first-order valence-corrected chi connectivity index (χ1v) is 10.2. The Hall–Kier alpha value is -2.83. The third-order valence-corrected chi connectivity index (χ3v) is 5.70. The van der Waals surface area contributed by atoms with Crippen molar-refractivity contribution in [1.29, 1.82) is 0 Å². The van der Waals surface area contributed by atoms with Crippen molar-refractivity contribution in [1.82, 2.24) is 20.5 Å². The highest BCUT2D eigenvalue weighted by Crippen LogP contribution is 2.27. The molecule has 3 atom stereocenters. The van der Waals surface area contributed by atoms with Crippen LogP contribution in [0.25, 0.3) is 10.9 Å². The number of piperazine rings is 1. The van der Waals surface area contributed by atoms with Gasteiger partial charge in [-0.2, -0.15) is 0 Å². The maximum atomic E-state index is 13.1. The van der Waals surface area contributed by atoms with Gasteiger partial charge in [-0.05, 0) is 23.5 Å². The average molecular weight is 396 g/mol. The molecule has 0 unspecified atom stereocenters. The fourth-order valence-corrected chi connectivity index (χ4v) is 4.43. The number of fused-ring (bicyclic) bond motifs is 2. The van der Waals surface area contributed by atoms with Gasteiger partial charge < -0.3 is 20.5 Å². The molecular formula is C22H28N4O3. The lowest BCUT2D eigenvalue weighted by molar-refractivity contribution is -0.147. The number of nitrogens with one attached hydrogen (secondary N) is 3. The van der Waals surface area contributed by atoms with E-state index in [9.17, 15) is 14.4 Å². The summed E-state index contributed by atoms with van der Waals surface area (Å²) in [7, 11) is 0. The number of aromatic amines is 1. The SMILES string of the molecule is CC(C)(C)CC(=O)N[C@H]1CCN2C(=O)[C@@H](Cc3c[nH]c4ccccc34)NC(=O)[C@H]12. The molecule has 3 amide bonds. The molecule has 0 bridgehead atoms. The average Bonchev–Trinajstić information content (AvgIpc) is 3.23. The molecule has 2 fully saturated rings. The molecule has 0 radical (unpaired) electrons. The molecule has 29 heavy (non-hydrogen) atoms. The number of para-hydroxylation sites is 1. The van der Waals surface area contributed by atoms with E-state index in [1.807, 2.05) is 51.2 Å². The molecule has 3 heterocycles. The Bertz CT molecular complexity index is 958. The van der Waals surface area contributed by atoms with Crippen molar-refractivity contribution in [2.24, 2.45) is 5.41 Å². The summed E-state index contributed by atoms with van der Waals surface area (Å²) in [5, 5.41) is 6.93.